The maximum Gasteiger partial charge on any atom is 0.416 e. The van der Waals surface area contributed by atoms with Crippen LogP contribution in [-0.4, -0.2) is 44.4 Å². The summed E-state index contributed by atoms with van der Waals surface area (Å²) < 4.78 is 48.4. The Labute approximate surface area is 115 Å². The molecule has 7 heteroatoms. The van der Waals surface area contributed by atoms with E-state index in [-0.39, 0.29) is 24.1 Å². The molecule has 1 saturated heterocycles. The monoisotopic (exact) mass is 290 g/mol. The molecule has 1 fully saturated rings. The number of anilines is 1. The van der Waals surface area contributed by atoms with E-state index < -0.39 is 11.7 Å². The summed E-state index contributed by atoms with van der Waals surface area (Å²) in [6.45, 7) is 2.46. The molecular formula is C13H17F3N2O2. The predicted molar refractivity (Wildman–Crippen MR) is 68.6 cm³/mol. The lowest BCUT2D eigenvalue weighted by Gasteiger charge is -2.30. The summed E-state index contributed by atoms with van der Waals surface area (Å²) in [5.41, 5.74) is 4.78. The van der Waals surface area contributed by atoms with E-state index in [1.807, 2.05) is 7.05 Å². The minimum absolute atomic E-state index is 0.0241. The maximum absolute atomic E-state index is 12.5. The van der Waals surface area contributed by atoms with Crippen LogP contribution < -0.4 is 10.5 Å². The molecule has 1 heterocycles. The van der Waals surface area contributed by atoms with Crippen LogP contribution in [0.2, 0.25) is 0 Å². The zero-order chi connectivity index (χ0) is 14.8. The fourth-order valence-electron chi connectivity index (χ4n) is 2.01. The number of alkyl halides is 3. The number of likely N-dealkylation sites (N-methyl/N-ethyl adjacent to an activating group) is 1. The van der Waals surface area contributed by atoms with Crippen molar-refractivity contribution >= 4 is 5.69 Å². The molecule has 0 amide bonds. The molecule has 2 rings (SSSR count). The number of nitrogens with two attached hydrogens (primary N) is 1. The fraction of sp³-hybridized carbons (Fsp3) is 0.538. The van der Waals surface area contributed by atoms with Gasteiger partial charge in [-0.2, -0.15) is 13.2 Å². The normalized spacial score (nSPS) is 20.9. The molecule has 2 N–H and O–H groups in total. The van der Waals surface area contributed by atoms with Crippen LogP contribution in [0.25, 0.3) is 0 Å². The van der Waals surface area contributed by atoms with Gasteiger partial charge in [0, 0.05) is 13.1 Å². The quantitative estimate of drug-likeness (QED) is 0.865. The first kappa shape index (κ1) is 14.9. The van der Waals surface area contributed by atoms with Crippen molar-refractivity contribution in [3.05, 3.63) is 23.8 Å². The summed E-state index contributed by atoms with van der Waals surface area (Å²) in [6, 6.07) is 3.08. The third kappa shape index (κ3) is 3.77. The van der Waals surface area contributed by atoms with Gasteiger partial charge in [0.15, 0.2) is 0 Å². The van der Waals surface area contributed by atoms with Gasteiger partial charge in [-0.3, -0.25) is 0 Å². The van der Waals surface area contributed by atoms with Crippen LogP contribution in [0, 0.1) is 0 Å². The first-order chi connectivity index (χ1) is 9.36. The van der Waals surface area contributed by atoms with Crippen LogP contribution in [0.4, 0.5) is 18.9 Å². The van der Waals surface area contributed by atoms with Gasteiger partial charge in [-0.1, -0.05) is 0 Å². The molecule has 1 unspecified atom stereocenters. The summed E-state index contributed by atoms with van der Waals surface area (Å²) in [4.78, 5) is 2.10. The molecule has 1 atom stereocenters. The molecule has 1 aromatic carbocycles. The standard InChI is InChI=1S/C13H17F3N2O2/c1-18-4-5-19-10(7-18)8-20-12-3-2-9(6-11(12)17)13(14,15)16/h2-3,6,10H,4-5,7-8,17H2,1H3. The third-order valence-corrected chi connectivity index (χ3v) is 3.10. The second-order valence-electron chi connectivity index (χ2n) is 4.82. The molecule has 0 bridgehead atoms. The average molecular weight is 290 g/mol. The Bertz CT molecular complexity index is 465. The van der Waals surface area contributed by atoms with Gasteiger partial charge in [-0.25, -0.2) is 0 Å². The van der Waals surface area contributed by atoms with Gasteiger partial charge in [0.1, 0.15) is 18.5 Å². The number of hydrogen-bond donors (Lipinski definition) is 1. The molecule has 4 nitrogen and oxygen atoms in total. The lowest BCUT2D eigenvalue weighted by atomic mass is 10.2. The zero-order valence-electron chi connectivity index (χ0n) is 11.1. The smallest absolute Gasteiger partial charge is 0.416 e. The Morgan fingerprint density at radius 1 is 1.45 bits per heavy atom. The van der Waals surface area contributed by atoms with Crippen molar-refractivity contribution < 1.29 is 22.6 Å². The molecule has 0 spiro atoms. The molecule has 1 aromatic rings. The van der Waals surface area contributed by atoms with Gasteiger partial charge in [0.05, 0.1) is 17.9 Å². The first-order valence-corrected chi connectivity index (χ1v) is 6.26. The molecule has 0 radical (unpaired) electrons. The van der Waals surface area contributed by atoms with Gasteiger partial charge in [0.25, 0.3) is 0 Å². The number of nitrogens with zero attached hydrogens (tertiary/aromatic N) is 1. The number of halogens is 3. The minimum Gasteiger partial charge on any atom is -0.489 e. The number of rotatable bonds is 3. The van der Waals surface area contributed by atoms with Crippen LogP contribution in [0.1, 0.15) is 5.56 Å². The fourth-order valence-corrected chi connectivity index (χ4v) is 2.01. The summed E-state index contributed by atoms with van der Waals surface area (Å²) >= 11 is 0. The van der Waals surface area contributed by atoms with Crippen molar-refractivity contribution in [1.82, 2.24) is 4.90 Å². The van der Waals surface area contributed by atoms with E-state index in [9.17, 15) is 13.2 Å². The molecule has 1 aliphatic heterocycles. The number of hydrogen-bond acceptors (Lipinski definition) is 4. The van der Waals surface area contributed by atoms with E-state index in [1.165, 1.54) is 6.07 Å². The van der Waals surface area contributed by atoms with E-state index in [0.717, 1.165) is 25.2 Å². The highest BCUT2D eigenvalue weighted by molar-refractivity contribution is 5.54. The van der Waals surface area contributed by atoms with Crippen molar-refractivity contribution in [2.45, 2.75) is 12.3 Å². The van der Waals surface area contributed by atoms with E-state index in [1.54, 1.807) is 0 Å². The average Bonchev–Trinajstić information content (AvgIpc) is 2.36. The number of nitrogen functional groups attached to an aromatic ring is 1. The van der Waals surface area contributed by atoms with Gasteiger partial charge < -0.3 is 20.1 Å². The summed E-state index contributed by atoms with van der Waals surface area (Å²) in [5, 5.41) is 0. The molecule has 20 heavy (non-hydrogen) atoms. The van der Waals surface area contributed by atoms with Crippen molar-refractivity contribution in [1.29, 1.82) is 0 Å². The highest BCUT2D eigenvalue weighted by atomic mass is 19.4. The van der Waals surface area contributed by atoms with E-state index in [2.05, 4.69) is 4.90 Å². The van der Waals surface area contributed by atoms with Crippen molar-refractivity contribution in [3.8, 4) is 5.75 Å². The second-order valence-corrected chi connectivity index (χ2v) is 4.82. The van der Waals surface area contributed by atoms with Crippen LogP contribution in [0.15, 0.2) is 18.2 Å². The van der Waals surface area contributed by atoms with Gasteiger partial charge in [-0.15, -0.1) is 0 Å². The van der Waals surface area contributed by atoms with Gasteiger partial charge in [0.2, 0.25) is 0 Å². The van der Waals surface area contributed by atoms with E-state index in [4.69, 9.17) is 15.2 Å². The first-order valence-electron chi connectivity index (χ1n) is 6.26. The van der Waals surface area contributed by atoms with Gasteiger partial charge in [-0.05, 0) is 25.2 Å². The summed E-state index contributed by atoms with van der Waals surface area (Å²) in [5.74, 6) is 0.245. The Balaban J connectivity index is 1.96. The third-order valence-electron chi connectivity index (χ3n) is 3.10. The minimum atomic E-state index is -4.40. The van der Waals surface area contributed by atoms with Crippen LogP contribution in [0.3, 0.4) is 0 Å². The van der Waals surface area contributed by atoms with E-state index >= 15 is 0 Å². The lowest BCUT2D eigenvalue weighted by molar-refractivity contribution is -0.137. The van der Waals surface area contributed by atoms with E-state index in [0.29, 0.717) is 6.61 Å². The van der Waals surface area contributed by atoms with Crippen LogP contribution >= 0.6 is 0 Å². The topological polar surface area (TPSA) is 47.7 Å². The highest BCUT2D eigenvalue weighted by Crippen LogP contribution is 2.33. The SMILES string of the molecule is CN1CCOC(COc2ccc(C(F)(F)F)cc2N)C1. The Morgan fingerprint density at radius 2 is 2.20 bits per heavy atom. The Morgan fingerprint density at radius 3 is 2.80 bits per heavy atom. The Kier molecular flexibility index (Phi) is 4.39. The lowest BCUT2D eigenvalue weighted by Crippen LogP contribution is -2.42. The maximum atomic E-state index is 12.5. The van der Waals surface area contributed by atoms with Crippen molar-refractivity contribution in [2.24, 2.45) is 0 Å². The van der Waals surface area contributed by atoms with Crippen LogP contribution in [-0.2, 0) is 10.9 Å². The predicted octanol–water partition coefficient (Wildman–Crippen LogP) is 2.00. The molecule has 1 aliphatic rings. The summed E-state index contributed by atoms with van der Waals surface area (Å²) in [6.07, 6.45) is -4.50. The second kappa shape index (κ2) is 5.88. The number of ether oxygens (including phenoxy) is 2. The number of morpholine rings is 1. The largest absolute Gasteiger partial charge is 0.489 e. The Hall–Kier alpha value is -1.47. The molecular weight excluding hydrogens is 273 g/mol. The highest BCUT2D eigenvalue weighted by Gasteiger charge is 2.31. The van der Waals surface area contributed by atoms with Crippen molar-refractivity contribution in [2.75, 3.05) is 39.1 Å². The van der Waals surface area contributed by atoms with Crippen LogP contribution in [0.5, 0.6) is 5.75 Å². The number of benzene rings is 1. The molecule has 0 aliphatic carbocycles. The molecule has 0 saturated carbocycles. The molecule has 112 valence electrons. The summed E-state index contributed by atoms with van der Waals surface area (Å²) in [7, 11) is 1.97. The van der Waals surface area contributed by atoms with Crippen molar-refractivity contribution in [3.63, 3.8) is 0 Å². The van der Waals surface area contributed by atoms with Gasteiger partial charge >= 0.3 is 6.18 Å². The molecule has 0 aromatic heterocycles. The zero-order valence-corrected chi connectivity index (χ0v) is 11.1.